The molecule has 1 aliphatic rings. The maximum absolute atomic E-state index is 5.67. The second kappa shape index (κ2) is 7.15. The first-order chi connectivity index (χ1) is 9.26. The van der Waals surface area contributed by atoms with Crippen molar-refractivity contribution in [3.63, 3.8) is 0 Å². The summed E-state index contributed by atoms with van der Waals surface area (Å²) in [5.74, 6) is 2.17. The van der Waals surface area contributed by atoms with Crippen LogP contribution in [0.5, 0.6) is 11.5 Å². The van der Waals surface area contributed by atoms with E-state index in [4.69, 9.17) is 14.2 Å². The lowest BCUT2D eigenvalue weighted by Crippen LogP contribution is -2.08. The fraction of sp³-hybridized carbons (Fsp3) is 0.600. The summed E-state index contributed by atoms with van der Waals surface area (Å²) in [4.78, 5) is 0.310. The second-order valence-electron chi connectivity index (χ2n) is 4.60. The molecule has 0 aromatic heterocycles. The third-order valence-corrected chi connectivity index (χ3v) is 4.54. The molecular weight excluding hydrogens is 308 g/mol. The van der Waals surface area contributed by atoms with E-state index < -0.39 is 0 Å². The SMILES string of the molecule is CCOc1ccc(C(Br)C2CCOC2)cc1OCC. The summed E-state index contributed by atoms with van der Waals surface area (Å²) in [6.07, 6.45) is 1.10. The average Bonchev–Trinajstić information content (AvgIpc) is 2.94. The molecule has 1 heterocycles. The van der Waals surface area contributed by atoms with Crippen molar-refractivity contribution in [1.82, 2.24) is 0 Å². The number of rotatable bonds is 6. The van der Waals surface area contributed by atoms with Crippen LogP contribution in [0.25, 0.3) is 0 Å². The lowest BCUT2D eigenvalue weighted by atomic mass is 9.98. The monoisotopic (exact) mass is 328 g/mol. The maximum Gasteiger partial charge on any atom is 0.161 e. The van der Waals surface area contributed by atoms with Gasteiger partial charge in [0.15, 0.2) is 11.5 Å². The highest BCUT2D eigenvalue weighted by atomic mass is 79.9. The Hall–Kier alpha value is -0.740. The number of benzene rings is 1. The topological polar surface area (TPSA) is 27.7 Å². The molecule has 1 saturated heterocycles. The Morgan fingerprint density at radius 1 is 1.26 bits per heavy atom. The predicted octanol–water partition coefficient (Wildman–Crippen LogP) is 3.96. The van der Waals surface area contributed by atoms with Gasteiger partial charge in [0.25, 0.3) is 0 Å². The van der Waals surface area contributed by atoms with Crippen molar-refractivity contribution in [1.29, 1.82) is 0 Å². The van der Waals surface area contributed by atoms with E-state index in [1.54, 1.807) is 0 Å². The molecule has 2 rings (SSSR count). The summed E-state index contributed by atoms with van der Waals surface area (Å²) < 4.78 is 16.7. The highest BCUT2D eigenvalue weighted by Gasteiger charge is 2.25. The summed E-state index contributed by atoms with van der Waals surface area (Å²) in [7, 11) is 0. The molecule has 0 bridgehead atoms. The van der Waals surface area contributed by atoms with Crippen LogP contribution in [0, 0.1) is 5.92 Å². The van der Waals surface area contributed by atoms with Gasteiger partial charge in [-0.05, 0) is 38.0 Å². The van der Waals surface area contributed by atoms with Gasteiger partial charge in [-0.15, -0.1) is 0 Å². The first-order valence-corrected chi connectivity index (χ1v) is 7.79. The summed E-state index contributed by atoms with van der Waals surface area (Å²) in [5.41, 5.74) is 1.22. The quantitative estimate of drug-likeness (QED) is 0.740. The molecule has 0 aliphatic carbocycles. The van der Waals surface area contributed by atoms with Crippen molar-refractivity contribution >= 4 is 15.9 Å². The molecule has 0 spiro atoms. The zero-order chi connectivity index (χ0) is 13.7. The van der Waals surface area contributed by atoms with Gasteiger partial charge in [-0.2, -0.15) is 0 Å². The third-order valence-electron chi connectivity index (χ3n) is 3.26. The smallest absolute Gasteiger partial charge is 0.161 e. The van der Waals surface area contributed by atoms with Gasteiger partial charge >= 0.3 is 0 Å². The molecule has 1 aliphatic heterocycles. The molecular formula is C15H21BrO3. The zero-order valence-electron chi connectivity index (χ0n) is 11.5. The van der Waals surface area contributed by atoms with E-state index in [-0.39, 0.29) is 0 Å². The Morgan fingerprint density at radius 3 is 2.63 bits per heavy atom. The summed E-state index contributed by atoms with van der Waals surface area (Å²) >= 11 is 3.79. The summed E-state index contributed by atoms with van der Waals surface area (Å²) in [6, 6.07) is 6.17. The standard InChI is InChI=1S/C15H21BrO3/c1-3-18-13-6-5-11(9-14(13)19-4-2)15(16)12-7-8-17-10-12/h5-6,9,12,15H,3-4,7-8,10H2,1-2H3. The first kappa shape index (κ1) is 14.7. The van der Waals surface area contributed by atoms with Gasteiger partial charge in [-0.1, -0.05) is 22.0 Å². The van der Waals surface area contributed by atoms with E-state index in [9.17, 15) is 0 Å². The van der Waals surface area contributed by atoms with Crippen LogP contribution in [0.3, 0.4) is 0 Å². The van der Waals surface area contributed by atoms with E-state index in [1.165, 1.54) is 5.56 Å². The molecule has 1 fully saturated rings. The predicted molar refractivity (Wildman–Crippen MR) is 79.4 cm³/mol. The maximum atomic E-state index is 5.67. The highest BCUT2D eigenvalue weighted by Crippen LogP contribution is 2.39. The molecule has 2 atom stereocenters. The minimum Gasteiger partial charge on any atom is -0.490 e. The van der Waals surface area contributed by atoms with Crippen LogP contribution in [0.1, 0.15) is 30.7 Å². The minimum atomic E-state index is 0.310. The summed E-state index contributed by atoms with van der Waals surface area (Å²) in [5, 5.41) is 0. The van der Waals surface area contributed by atoms with Gasteiger partial charge < -0.3 is 14.2 Å². The van der Waals surface area contributed by atoms with E-state index in [0.29, 0.717) is 24.0 Å². The van der Waals surface area contributed by atoms with Crippen LogP contribution in [0.15, 0.2) is 18.2 Å². The largest absolute Gasteiger partial charge is 0.490 e. The van der Waals surface area contributed by atoms with Gasteiger partial charge in [0.05, 0.1) is 19.8 Å². The Balaban J connectivity index is 2.18. The Bertz CT molecular complexity index is 402. The number of hydrogen-bond acceptors (Lipinski definition) is 3. The van der Waals surface area contributed by atoms with Gasteiger partial charge in [0, 0.05) is 17.4 Å². The lowest BCUT2D eigenvalue weighted by Gasteiger charge is -2.18. The molecule has 1 aromatic carbocycles. The average molecular weight is 329 g/mol. The van der Waals surface area contributed by atoms with Gasteiger partial charge in [-0.25, -0.2) is 0 Å². The Kier molecular flexibility index (Phi) is 5.52. The fourth-order valence-electron chi connectivity index (χ4n) is 2.29. The normalized spacial score (nSPS) is 20.3. The molecule has 2 unspecified atom stereocenters. The number of halogens is 1. The van der Waals surface area contributed by atoms with Crippen molar-refractivity contribution in [2.24, 2.45) is 5.92 Å². The second-order valence-corrected chi connectivity index (χ2v) is 5.58. The molecule has 0 N–H and O–H groups in total. The Labute approximate surface area is 123 Å². The van der Waals surface area contributed by atoms with Crippen molar-refractivity contribution in [3.05, 3.63) is 23.8 Å². The van der Waals surface area contributed by atoms with Crippen LogP contribution in [-0.2, 0) is 4.74 Å². The summed E-state index contributed by atoms with van der Waals surface area (Å²) in [6.45, 7) is 6.94. The third kappa shape index (κ3) is 3.63. The van der Waals surface area contributed by atoms with Gasteiger partial charge in [0.2, 0.25) is 0 Å². The van der Waals surface area contributed by atoms with Crippen LogP contribution >= 0.6 is 15.9 Å². The molecule has 0 saturated carbocycles. The van der Waals surface area contributed by atoms with Gasteiger partial charge in [0.1, 0.15) is 0 Å². The molecule has 0 amide bonds. The molecule has 3 nitrogen and oxygen atoms in total. The minimum absolute atomic E-state index is 0.310. The fourth-order valence-corrected chi connectivity index (χ4v) is 3.00. The van der Waals surface area contributed by atoms with E-state index >= 15 is 0 Å². The Morgan fingerprint density at radius 2 is 2.00 bits per heavy atom. The molecule has 4 heteroatoms. The van der Waals surface area contributed by atoms with E-state index in [0.717, 1.165) is 31.1 Å². The lowest BCUT2D eigenvalue weighted by molar-refractivity contribution is 0.185. The van der Waals surface area contributed by atoms with E-state index in [2.05, 4.69) is 28.1 Å². The van der Waals surface area contributed by atoms with Crippen LogP contribution < -0.4 is 9.47 Å². The van der Waals surface area contributed by atoms with Crippen LogP contribution in [-0.4, -0.2) is 26.4 Å². The number of hydrogen-bond donors (Lipinski definition) is 0. The van der Waals surface area contributed by atoms with Crippen molar-refractivity contribution in [2.75, 3.05) is 26.4 Å². The zero-order valence-corrected chi connectivity index (χ0v) is 13.1. The van der Waals surface area contributed by atoms with Crippen molar-refractivity contribution in [2.45, 2.75) is 25.1 Å². The van der Waals surface area contributed by atoms with E-state index in [1.807, 2.05) is 19.9 Å². The highest BCUT2D eigenvalue weighted by molar-refractivity contribution is 9.09. The van der Waals surface area contributed by atoms with Gasteiger partial charge in [-0.3, -0.25) is 0 Å². The number of ether oxygens (including phenoxy) is 3. The van der Waals surface area contributed by atoms with Crippen LogP contribution in [0.4, 0.5) is 0 Å². The molecule has 0 radical (unpaired) electrons. The van der Waals surface area contributed by atoms with Crippen molar-refractivity contribution < 1.29 is 14.2 Å². The molecule has 106 valence electrons. The molecule has 19 heavy (non-hydrogen) atoms. The van der Waals surface area contributed by atoms with Crippen molar-refractivity contribution in [3.8, 4) is 11.5 Å². The molecule has 1 aromatic rings. The number of alkyl halides is 1. The first-order valence-electron chi connectivity index (χ1n) is 6.87. The van der Waals surface area contributed by atoms with Crippen LogP contribution in [0.2, 0.25) is 0 Å².